The maximum atomic E-state index is 12.0. The van der Waals surface area contributed by atoms with Crippen LogP contribution in [-0.2, 0) is 19.1 Å². The first kappa shape index (κ1) is 15.1. The van der Waals surface area contributed by atoms with Gasteiger partial charge in [-0.25, -0.2) is 4.79 Å². The third-order valence-electron chi connectivity index (χ3n) is 2.32. The van der Waals surface area contributed by atoms with Gasteiger partial charge in [-0.2, -0.15) is 0 Å². The molecule has 1 unspecified atom stereocenters. The minimum Gasteiger partial charge on any atom is -0.462 e. The number of esters is 2. The molecule has 0 saturated heterocycles. The smallest absolute Gasteiger partial charge is 0.352 e. The topological polar surface area (TPSA) is 65.5 Å². The summed E-state index contributed by atoms with van der Waals surface area (Å²) in [6.07, 6.45) is 2.27. The highest BCUT2D eigenvalue weighted by atomic mass is 16.6. The van der Waals surface area contributed by atoms with Gasteiger partial charge in [0.2, 0.25) is 6.10 Å². The van der Waals surface area contributed by atoms with Crippen LogP contribution in [0.4, 0.5) is 0 Å². The minimum absolute atomic E-state index is 0.207. The van der Waals surface area contributed by atoms with E-state index in [0.29, 0.717) is 12.2 Å². The average molecular weight is 265 g/mol. The van der Waals surface area contributed by atoms with Crippen LogP contribution < -0.4 is 0 Å². The SMILES string of the molecule is CCC(=O)OC(C(=O)OCC(C)C)c1ccncc1. The Bertz CT molecular complexity index is 417. The highest BCUT2D eigenvalue weighted by Crippen LogP contribution is 2.19. The number of nitrogens with zero attached hydrogens (tertiary/aromatic N) is 1. The molecular weight excluding hydrogens is 246 g/mol. The summed E-state index contributed by atoms with van der Waals surface area (Å²) in [5, 5.41) is 0. The highest BCUT2D eigenvalue weighted by molar-refractivity contribution is 5.80. The fraction of sp³-hybridized carbons (Fsp3) is 0.500. The van der Waals surface area contributed by atoms with Crippen LogP contribution in [0.1, 0.15) is 38.9 Å². The van der Waals surface area contributed by atoms with Crippen molar-refractivity contribution in [2.45, 2.75) is 33.3 Å². The van der Waals surface area contributed by atoms with Crippen molar-refractivity contribution in [3.8, 4) is 0 Å². The molecule has 0 bridgehead atoms. The standard InChI is InChI=1S/C14H19NO4/c1-4-12(16)19-13(11-5-7-15-8-6-11)14(17)18-9-10(2)3/h5-8,10,13H,4,9H2,1-3H3. The first-order valence-electron chi connectivity index (χ1n) is 6.30. The van der Waals surface area contributed by atoms with E-state index in [1.54, 1.807) is 19.1 Å². The van der Waals surface area contributed by atoms with Gasteiger partial charge in [-0.3, -0.25) is 9.78 Å². The first-order valence-corrected chi connectivity index (χ1v) is 6.30. The first-order chi connectivity index (χ1) is 9.04. The van der Waals surface area contributed by atoms with E-state index in [4.69, 9.17) is 9.47 Å². The number of rotatable bonds is 6. The molecule has 0 aromatic carbocycles. The molecule has 1 aromatic heterocycles. The van der Waals surface area contributed by atoms with Gasteiger partial charge in [-0.1, -0.05) is 20.8 Å². The van der Waals surface area contributed by atoms with E-state index in [1.807, 2.05) is 13.8 Å². The summed E-state index contributed by atoms with van der Waals surface area (Å²) < 4.78 is 10.3. The van der Waals surface area contributed by atoms with Crippen molar-refractivity contribution in [1.29, 1.82) is 0 Å². The zero-order chi connectivity index (χ0) is 14.3. The summed E-state index contributed by atoms with van der Waals surface area (Å²) in [7, 11) is 0. The van der Waals surface area contributed by atoms with Gasteiger partial charge in [0.1, 0.15) is 0 Å². The van der Waals surface area contributed by atoms with Crippen LogP contribution in [0, 0.1) is 5.92 Å². The Morgan fingerprint density at radius 1 is 1.26 bits per heavy atom. The number of hydrogen-bond donors (Lipinski definition) is 0. The Morgan fingerprint density at radius 3 is 2.42 bits per heavy atom. The Balaban J connectivity index is 2.80. The summed E-state index contributed by atoms with van der Waals surface area (Å²) >= 11 is 0. The molecule has 0 saturated carbocycles. The fourth-order valence-corrected chi connectivity index (χ4v) is 1.33. The van der Waals surface area contributed by atoms with E-state index >= 15 is 0 Å². The van der Waals surface area contributed by atoms with E-state index < -0.39 is 18.0 Å². The van der Waals surface area contributed by atoms with Gasteiger partial charge in [0.05, 0.1) is 6.61 Å². The summed E-state index contributed by atoms with van der Waals surface area (Å²) in [6.45, 7) is 5.84. The number of aromatic nitrogens is 1. The van der Waals surface area contributed by atoms with E-state index in [9.17, 15) is 9.59 Å². The second kappa shape index (κ2) is 7.51. The van der Waals surface area contributed by atoms with Gasteiger partial charge < -0.3 is 9.47 Å². The molecule has 104 valence electrons. The summed E-state index contributed by atoms with van der Waals surface area (Å²) in [5.74, 6) is -0.770. The van der Waals surface area contributed by atoms with Gasteiger partial charge in [-0.15, -0.1) is 0 Å². The molecule has 1 atom stereocenters. The number of carbonyl (C=O) groups excluding carboxylic acids is 2. The Morgan fingerprint density at radius 2 is 1.89 bits per heavy atom. The number of hydrogen-bond acceptors (Lipinski definition) is 5. The van der Waals surface area contributed by atoms with Crippen LogP contribution >= 0.6 is 0 Å². The van der Waals surface area contributed by atoms with Gasteiger partial charge >= 0.3 is 11.9 Å². The molecule has 0 fully saturated rings. The second-order valence-electron chi connectivity index (χ2n) is 4.53. The van der Waals surface area contributed by atoms with Crippen LogP contribution in [0.2, 0.25) is 0 Å². The maximum Gasteiger partial charge on any atom is 0.352 e. The molecule has 19 heavy (non-hydrogen) atoms. The van der Waals surface area contributed by atoms with Crippen LogP contribution in [0.15, 0.2) is 24.5 Å². The Labute approximate surface area is 112 Å². The van der Waals surface area contributed by atoms with E-state index in [-0.39, 0.29) is 12.3 Å². The summed E-state index contributed by atoms with van der Waals surface area (Å²) in [6, 6.07) is 3.26. The second-order valence-corrected chi connectivity index (χ2v) is 4.53. The number of carbonyl (C=O) groups is 2. The lowest BCUT2D eigenvalue weighted by Crippen LogP contribution is -2.23. The zero-order valence-corrected chi connectivity index (χ0v) is 11.5. The van der Waals surface area contributed by atoms with Gasteiger partial charge in [0, 0.05) is 24.4 Å². The molecule has 5 heteroatoms. The van der Waals surface area contributed by atoms with Gasteiger partial charge in [-0.05, 0) is 18.1 Å². The molecule has 0 amide bonds. The van der Waals surface area contributed by atoms with Crippen LogP contribution in [0.3, 0.4) is 0 Å². The van der Waals surface area contributed by atoms with Crippen molar-refractivity contribution in [3.63, 3.8) is 0 Å². The average Bonchev–Trinajstić information content (AvgIpc) is 2.42. The third kappa shape index (κ3) is 5.07. The fourth-order valence-electron chi connectivity index (χ4n) is 1.33. The molecule has 1 heterocycles. The molecule has 0 N–H and O–H groups in total. The van der Waals surface area contributed by atoms with Crippen molar-refractivity contribution in [2.75, 3.05) is 6.61 Å². The molecule has 1 rings (SSSR count). The molecule has 0 aliphatic heterocycles. The predicted octanol–water partition coefficient (Wildman–Crippen LogP) is 2.28. The highest BCUT2D eigenvalue weighted by Gasteiger charge is 2.26. The monoisotopic (exact) mass is 265 g/mol. The normalized spacial score (nSPS) is 12.0. The third-order valence-corrected chi connectivity index (χ3v) is 2.32. The maximum absolute atomic E-state index is 12.0. The van der Waals surface area contributed by atoms with Crippen LogP contribution in [0.5, 0.6) is 0 Å². The lowest BCUT2D eigenvalue weighted by molar-refractivity contribution is -0.169. The van der Waals surface area contributed by atoms with Crippen LogP contribution in [0.25, 0.3) is 0 Å². The van der Waals surface area contributed by atoms with Crippen molar-refractivity contribution >= 4 is 11.9 Å². The molecular formula is C14H19NO4. The molecule has 0 aliphatic carbocycles. The quantitative estimate of drug-likeness (QED) is 0.738. The zero-order valence-electron chi connectivity index (χ0n) is 11.5. The van der Waals surface area contributed by atoms with Crippen LogP contribution in [-0.4, -0.2) is 23.5 Å². The van der Waals surface area contributed by atoms with Crippen molar-refractivity contribution in [3.05, 3.63) is 30.1 Å². The Kier molecular flexibility index (Phi) is 5.99. The molecule has 5 nitrogen and oxygen atoms in total. The minimum atomic E-state index is -1.02. The largest absolute Gasteiger partial charge is 0.462 e. The van der Waals surface area contributed by atoms with Gasteiger partial charge in [0.15, 0.2) is 0 Å². The molecule has 0 spiro atoms. The van der Waals surface area contributed by atoms with Gasteiger partial charge in [0.25, 0.3) is 0 Å². The summed E-state index contributed by atoms with van der Waals surface area (Å²) in [4.78, 5) is 27.2. The lowest BCUT2D eigenvalue weighted by Gasteiger charge is -2.17. The lowest BCUT2D eigenvalue weighted by atomic mass is 10.1. The Hall–Kier alpha value is -1.91. The predicted molar refractivity (Wildman–Crippen MR) is 69.2 cm³/mol. The van der Waals surface area contributed by atoms with E-state index in [2.05, 4.69) is 4.98 Å². The van der Waals surface area contributed by atoms with E-state index in [0.717, 1.165) is 0 Å². The molecule has 0 aliphatic rings. The van der Waals surface area contributed by atoms with Crippen molar-refractivity contribution < 1.29 is 19.1 Å². The summed E-state index contributed by atoms with van der Waals surface area (Å²) in [5.41, 5.74) is 0.561. The van der Waals surface area contributed by atoms with Crippen molar-refractivity contribution in [2.24, 2.45) is 5.92 Å². The molecule has 1 aromatic rings. The molecule has 0 radical (unpaired) electrons. The number of ether oxygens (including phenoxy) is 2. The van der Waals surface area contributed by atoms with Crippen molar-refractivity contribution in [1.82, 2.24) is 4.98 Å². The van der Waals surface area contributed by atoms with E-state index in [1.165, 1.54) is 12.4 Å². The number of pyridine rings is 1.